The van der Waals surface area contributed by atoms with E-state index in [4.69, 9.17) is 9.47 Å². The second-order valence-electron chi connectivity index (χ2n) is 7.18. The van der Waals surface area contributed by atoms with Crippen molar-refractivity contribution in [1.82, 2.24) is 5.32 Å². The molecular weight excluding hydrogens is 342 g/mol. The number of carbonyl (C=O) groups excluding carboxylic acids is 1. The summed E-state index contributed by atoms with van der Waals surface area (Å²) in [6.45, 7) is 4.48. The van der Waals surface area contributed by atoms with E-state index in [0.29, 0.717) is 24.3 Å². The summed E-state index contributed by atoms with van der Waals surface area (Å²) in [4.78, 5) is 12.5. The summed E-state index contributed by atoms with van der Waals surface area (Å²) in [6.07, 6.45) is 0.769. The molecule has 2 atom stereocenters. The van der Waals surface area contributed by atoms with Gasteiger partial charge in [-0.2, -0.15) is 0 Å². The predicted molar refractivity (Wildman–Crippen MR) is 104 cm³/mol. The van der Waals surface area contributed by atoms with Crippen LogP contribution in [0.15, 0.2) is 42.5 Å². The Morgan fingerprint density at radius 2 is 1.96 bits per heavy atom. The molecule has 0 radical (unpaired) electrons. The summed E-state index contributed by atoms with van der Waals surface area (Å²) in [6, 6.07) is 13.7. The Hall–Kier alpha value is -2.37. The van der Waals surface area contributed by atoms with Crippen molar-refractivity contribution < 1.29 is 19.4 Å². The third kappa shape index (κ3) is 4.31. The van der Waals surface area contributed by atoms with Crippen LogP contribution in [0, 0.1) is 0 Å². The van der Waals surface area contributed by atoms with Crippen molar-refractivity contribution in [3.8, 4) is 5.75 Å². The number of methoxy groups -OCH3 is 1. The fourth-order valence-electron chi connectivity index (χ4n) is 3.65. The zero-order valence-corrected chi connectivity index (χ0v) is 16.1. The highest BCUT2D eigenvalue weighted by atomic mass is 16.5. The molecular formula is C22H27NO4. The lowest BCUT2D eigenvalue weighted by Crippen LogP contribution is -2.42. The maximum Gasteiger partial charge on any atom is 0.341 e. The minimum Gasteiger partial charge on any atom is -0.488 e. The fourth-order valence-corrected chi connectivity index (χ4v) is 3.65. The van der Waals surface area contributed by atoms with E-state index in [1.54, 1.807) is 6.07 Å². The van der Waals surface area contributed by atoms with Crippen molar-refractivity contribution >= 4 is 5.97 Å². The molecule has 0 aromatic heterocycles. The zero-order chi connectivity index (χ0) is 19.4. The molecule has 2 aromatic carbocycles. The molecule has 27 heavy (non-hydrogen) atoms. The molecule has 0 saturated heterocycles. The minimum atomic E-state index is -0.664. The summed E-state index contributed by atoms with van der Waals surface area (Å²) in [7, 11) is 1.37. The maximum atomic E-state index is 12.5. The van der Waals surface area contributed by atoms with Crippen LogP contribution in [0.1, 0.15) is 53.4 Å². The first-order chi connectivity index (χ1) is 13.0. The Labute approximate surface area is 160 Å². The molecule has 1 aliphatic rings. The van der Waals surface area contributed by atoms with Gasteiger partial charge in [0.1, 0.15) is 17.9 Å². The van der Waals surface area contributed by atoms with E-state index >= 15 is 0 Å². The van der Waals surface area contributed by atoms with Gasteiger partial charge in [-0.15, -0.1) is 0 Å². The minimum absolute atomic E-state index is 0.0286. The number of aliphatic hydroxyl groups excluding tert-OH is 1. The van der Waals surface area contributed by atoms with E-state index < -0.39 is 12.1 Å². The van der Waals surface area contributed by atoms with Gasteiger partial charge >= 0.3 is 5.97 Å². The van der Waals surface area contributed by atoms with Crippen molar-refractivity contribution in [1.29, 1.82) is 0 Å². The molecule has 3 rings (SSSR count). The van der Waals surface area contributed by atoms with E-state index in [0.717, 1.165) is 23.1 Å². The molecule has 0 spiro atoms. The number of hydrogen-bond acceptors (Lipinski definition) is 5. The highest BCUT2D eigenvalue weighted by molar-refractivity contribution is 5.94. The molecule has 0 aliphatic heterocycles. The fraction of sp³-hybridized carbons (Fsp3) is 0.409. The Balaban J connectivity index is 1.91. The number of ether oxygens (including phenoxy) is 2. The summed E-state index contributed by atoms with van der Waals surface area (Å²) in [5, 5.41) is 14.2. The van der Waals surface area contributed by atoms with Gasteiger partial charge in [-0.25, -0.2) is 4.79 Å². The topological polar surface area (TPSA) is 67.8 Å². The third-order valence-corrected chi connectivity index (χ3v) is 4.89. The molecule has 0 fully saturated rings. The first kappa shape index (κ1) is 19.4. The first-order valence-electron chi connectivity index (χ1n) is 9.36. The molecule has 5 heteroatoms. The van der Waals surface area contributed by atoms with Gasteiger partial charge in [0.2, 0.25) is 0 Å². The Bertz CT molecular complexity index is 788. The normalized spacial score (nSPS) is 18.9. The van der Waals surface area contributed by atoms with Gasteiger partial charge in [0, 0.05) is 12.1 Å². The third-order valence-electron chi connectivity index (χ3n) is 4.89. The maximum absolute atomic E-state index is 12.5. The zero-order valence-electron chi connectivity index (χ0n) is 16.1. The van der Waals surface area contributed by atoms with E-state index in [1.165, 1.54) is 7.11 Å². The number of esters is 1. The highest BCUT2D eigenvalue weighted by Gasteiger charge is 2.32. The molecule has 0 bridgehead atoms. The summed E-state index contributed by atoms with van der Waals surface area (Å²) in [5.74, 6) is 0.0595. The van der Waals surface area contributed by atoms with Gasteiger partial charge in [0.15, 0.2) is 0 Å². The number of fused-ring (bicyclic) bond motifs is 1. The summed E-state index contributed by atoms with van der Waals surface area (Å²) >= 11 is 0. The smallest absolute Gasteiger partial charge is 0.341 e. The second kappa shape index (κ2) is 8.55. The van der Waals surface area contributed by atoms with Crippen LogP contribution in [0.5, 0.6) is 5.75 Å². The molecule has 0 unspecified atom stereocenters. The standard InChI is InChI=1S/C22H27NO4/c1-14(2)23-18-11-9-16-17(21(18)24)10-12-19(20(16)22(25)26-3)27-13-15-7-5-4-6-8-15/h4-8,10,12,14,18,21,23-24H,9,11,13H2,1-3H3/t18-,21-/m0/s1. The van der Waals surface area contributed by atoms with Crippen molar-refractivity contribution in [2.24, 2.45) is 0 Å². The van der Waals surface area contributed by atoms with E-state index in [1.807, 2.05) is 36.4 Å². The van der Waals surface area contributed by atoms with Gasteiger partial charge in [-0.3, -0.25) is 0 Å². The molecule has 5 nitrogen and oxygen atoms in total. The molecule has 2 N–H and O–H groups in total. The lowest BCUT2D eigenvalue weighted by atomic mass is 9.82. The van der Waals surface area contributed by atoms with Gasteiger partial charge in [-0.05, 0) is 35.6 Å². The lowest BCUT2D eigenvalue weighted by Gasteiger charge is -2.33. The van der Waals surface area contributed by atoms with Gasteiger partial charge < -0.3 is 19.9 Å². The van der Waals surface area contributed by atoms with Crippen LogP contribution in [0.4, 0.5) is 0 Å². The number of hydrogen-bond donors (Lipinski definition) is 2. The Kier molecular flexibility index (Phi) is 6.14. The molecule has 0 heterocycles. The van der Waals surface area contributed by atoms with E-state index in [9.17, 15) is 9.90 Å². The average Bonchev–Trinajstić information content (AvgIpc) is 2.68. The van der Waals surface area contributed by atoms with Gasteiger partial charge in [-0.1, -0.05) is 50.2 Å². The number of benzene rings is 2. The molecule has 144 valence electrons. The lowest BCUT2D eigenvalue weighted by molar-refractivity contribution is 0.0590. The van der Waals surface area contributed by atoms with Crippen LogP contribution < -0.4 is 10.1 Å². The van der Waals surface area contributed by atoms with Crippen molar-refractivity contribution in [3.05, 3.63) is 64.7 Å². The van der Waals surface area contributed by atoms with Crippen LogP contribution >= 0.6 is 0 Å². The van der Waals surface area contributed by atoms with Crippen LogP contribution in [-0.2, 0) is 17.8 Å². The van der Waals surface area contributed by atoms with Crippen LogP contribution in [0.25, 0.3) is 0 Å². The molecule has 1 aliphatic carbocycles. The monoisotopic (exact) mass is 369 g/mol. The molecule has 0 saturated carbocycles. The largest absolute Gasteiger partial charge is 0.488 e. The quantitative estimate of drug-likeness (QED) is 0.764. The van der Waals surface area contributed by atoms with Crippen LogP contribution in [0.3, 0.4) is 0 Å². The summed E-state index contributed by atoms with van der Waals surface area (Å²) in [5.41, 5.74) is 3.04. The Morgan fingerprint density at radius 1 is 1.22 bits per heavy atom. The van der Waals surface area contributed by atoms with Crippen molar-refractivity contribution in [3.63, 3.8) is 0 Å². The van der Waals surface area contributed by atoms with Crippen LogP contribution in [-0.4, -0.2) is 30.3 Å². The number of aliphatic hydroxyl groups is 1. The van der Waals surface area contributed by atoms with Gasteiger partial charge in [0.25, 0.3) is 0 Å². The predicted octanol–water partition coefficient (Wildman–Crippen LogP) is 3.40. The van der Waals surface area contributed by atoms with Gasteiger partial charge in [0.05, 0.1) is 13.2 Å². The first-order valence-corrected chi connectivity index (χ1v) is 9.36. The second-order valence-corrected chi connectivity index (χ2v) is 7.18. The van der Waals surface area contributed by atoms with Crippen molar-refractivity contribution in [2.45, 2.75) is 51.5 Å². The van der Waals surface area contributed by atoms with E-state index in [2.05, 4.69) is 19.2 Å². The SMILES string of the molecule is COC(=O)c1c(OCc2ccccc2)ccc2c1CC[C@H](NC(C)C)[C@H]2O. The average molecular weight is 369 g/mol. The Morgan fingerprint density at radius 3 is 2.63 bits per heavy atom. The number of nitrogens with one attached hydrogen (secondary N) is 1. The molecule has 0 amide bonds. The molecule has 2 aromatic rings. The number of rotatable bonds is 6. The number of carbonyl (C=O) groups is 1. The summed E-state index contributed by atoms with van der Waals surface area (Å²) < 4.78 is 10.9. The highest BCUT2D eigenvalue weighted by Crippen LogP contribution is 2.37. The van der Waals surface area contributed by atoms with E-state index in [-0.39, 0.29) is 12.1 Å². The van der Waals surface area contributed by atoms with Crippen molar-refractivity contribution in [2.75, 3.05) is 7.11 Å². The van der Waals surface area contributed by atoms with Crippen LogP contribution in [0.2, 0.25) is 0 Å².